The van der Waals surface area contributed by atoms with Gasteiger partial charge in [-0.1, -0.05) is 12.1 Å². The Kier molecular flexibility index (Phi) is 3.43. The predicted octanol–water partition coefficient (Wildman–Crippen LogP) is 1.78. The summed E-state index contributed by atoms with van der Waals surface area (Å²) in [6, 6.07) is 3.70. The lowest BCUT2D eigenvalue weighted by Gasteiger charge is -2.14. The van der Waals surface area contributed by atoms with Crippen LogP contribution in [0.4, 0.5) is 23.7 Å². The number of nitrogens with one attached hydrogen (secondary N) is 1. The average molecular weight is 268 g/mol. The zero-order valence-electron chi connectivity index (χ0n) is 7.98. The molecular formula is C8H5F3NO4S-. The molecule has 0 aliphatic heterocycles. The van der Waals surface area contributed by atoms with Crippen LogP contribution in [0.3, 0.4) is 0 Å². The highest BCUT2D eigenvalue weighted by Crippen LogP contribution is 2.34. The van der Waals surface area contributed by atoms with Crippen LogP contribution >= 0.6 is 0 Å². The van der Waals surface area contributed by atoms with Gasteiger partial charge in [-0.3, -0.25) is 4.79 Å². The van der Waals surface area contributed by atoms with Crippen LogP contribution in [0.5, 0.6) is 0 Å². The van der Waals surface area contributed by atoms with Crippen molar-refractivity contribution in [1.29, 1.82) is 0 Å². The number of amides is 1. The SMILES string of the molecule is O=C(Nc1ccccc1C(F)(F)F)S(=O)(=O)[O-]. The Balaban J connectivity index is 3.13. The zero-order chi connectivity index (χ0) is 13.3. The van der Waals surface area contributed by atoms with Crippen molar-refractivity contribution < 1.29 is 30.9 Å². The molecule has 1 aromatic carbocycles. The van der Waals surface area contributed by atoms with E-state index in [4.69, 9.17) is 0 Å². The second-order valence-corrected chi connectivity index (χ2v) is 4.19. The minimum Gasteiger partial charge on any atom is -0.740 e. The van der Waals surface area contributed by atoms with Gasteiger partial charge in [0.1, 0.15) is 0 Å². The number of alkyl halides is 3. The Hall–Kier alpha value is -1.61. The number of hydrogen-bond donors (Lipinski definition) is 1. The van der Waals surface area contributed by atoms with Gasteiger partial charge in [-0.25, -0.2) is 8.42 Å². The van der Waals surface area contributed by atoms with Gasteiger partial charge >= 0.3 is 11.4 Å². The largest absolute Gasteiger partial charge is 0.740 e. The monoisotopic (exact) mass is 268 g/mol. The fourth-order valence-corrected chi connectivity index (χ4v) is 1.25. The van der Waals surface area contributed by atoms with E-state index >= 15 is 0 Å². The first kappa shape index (κ1) is 13.5. The van der Waals surface area contributed by atoms with Gasteiger partial charge in [0.15, 0.2) is 10.1 Å². The summed E-state index contributed by atoms with van der Waals surface area (Å²) in [7, 11) is -5.33. The summed E-state index contributed by atoms with van der Waals surface area (Å²) < 4.78 is 68.0. The molecule has 1 amide bonds. The van der Waals surface area contributed by atoms with E-state index in [2.05, 4.69) is 0 Å². The van der Waals surface area contributed by atoms with Crippen LogP contribution in [0.1, 0.15) is 5.56 Å². The van der Waals surface area contributed by atoms with Gasteiger partial charge in [-0.05, 0) is 12.1 Å². The van der Waals surface area contributed by atoms with Crippen LogP contribution in [0.15, 0.2) is 24.3 Å². The van der Waals surface area contributed by atoms with E-state index < -0.39 is 32.8 Å². The molecule has 0 atom stereocenters. The fourth-order valence-electron chi connectivity index (χ4n) is 1.01. The van der Waals surface area contributed by atoms with E-state index in [0.717, 1.165) is 18.2 Å². The molecule has 5 nitrogen and oxygen atoms in total. The quantitative estimate of drug-likeness (QED) is 0.786. The maximum atomic E-state index is 12.4. The van der Waals surface area contributed by atoms with Crippen LogP contribution in [0.2, 0.25) is 0 Å². The van der Waals surface area contributed by atoms with Crippen molar-refractivity contribution in [2.45, 2.75) is 6.18 Å². The summed E-state index contributed by atoms with van der Waals surface area (Å²) in [4.78, 5) is 10.7. The molecular weight excluding hydrogens is 263 g/mol. The number of halogens is 3. The Morgan fingerprint density at radius 1 is 1.24 bits per heavy atom. The second-order valence-electron chi connectivity index (χ2n) is 2.91. The van der Waals surface area contributed by atoms with Crippen LogP contribution < -0.4 is 5.32 Å². The van der Waals surface area contributed by atoms with Crippen molar-refractivity contribution in [2.75, 3.05) is 5.32 Å². The Morgan fingerprint density at radius 3 is 2.24 bits per heavy atom. The molecule has 0 aliphatic carbocycles. The summed E-state index contributed by atoms with van der Waals surface area (Å²) in [5, 5.41) is -0.636. The lowest BCUT2D eigenvalue weighted by Crippen LogP contribution is -2.22. The van der Waals surface area contributed by atoms with Gasteiger partial charge in [0.25, 0.3) is 0 Å². The molecule has 0 aliphatic rings. The molecule has 0 saturated heterocycles. The Labute approximate surface area is 94.0 Å². The second kappa shape index (κ2) is 4.34. The molecule has 94 valence electrons. The van der Waals surface area contributed by atoms with Gasteiger partial charge < -0.3 is 9.87 Å². The molecule has 0 aromatic heterocycles. The lowest BCUT2D eigenvalue weighted by atomic mass is 10.2. The topological polar surface area (TPSA) is 86.3 Å². The summed E-state index contributed by atoms with van der Waals surface area (Å²) in [5.41, 5.74) is -2.03. The highest BCUT2D eigenvalue weighted by atomic mass is 32.2. The number of anilines is 1. The Morgan fingerprint density at radius 2 is 1.76 bits per heavy atom. The van der Waals surface area contributed by atoms with Crippen molar-refractivity contribution in [2.24, 2.45) is 0 Å². The van der Waals surface area contributed by atoms with Crippen molar-refractivity contribution >= 4 is 21.0 Å². The first-order valence-electron chi connectivity index (χ1n) is 4.05. The van der Waals surface area contributed by atoms with Crippen LogP contribution in [-0.2, 0) is 16.3 Å². The van der Waals surface area contributed by atoms with Crippen molar-refractivity contribution in [1.82, 2.24) is 0 Å². The molecule has 9 heteroatoms. The first-order valence-corrected chi connectivity index (χ1v) is 5.46. The number of carbonyl (C=O) groups excluding carboxylic acids is 1. The third-order valence-electron chi connectivity index (χ3n) is 1.70. The minimum atomic E-state index is -5.33. The Bertz CT molecular complexity index is 538. The summed E-state index contributed by atoms with van der Waals surface area (Å²) in [6.45, 7) is 0. The van der Waals surface area contributed by atoms with E-state index in [1.54, 1.807) is 0 Å². The van der Waals surface area contributed by atoms with Gasteiger partial charge in [0, 0.05) is 0 Å². The lowest BCUT2D eigenvalue weighted by molar-refractivity contribution is -0.136. The smallest absolute Gasteiger partial charge is 0.418 e. The highest BCUT2D eigenvalue weighted by molar-refractivity contribution is 8.01. The molecule has 1 aromatic rings. The third kappa shape index (κ3) is 3.43. The summed E-state index contributed by atoms with van der Waals surface area (Å²) in [6.07, 6.45) is -4.77. The van der Waals surface area contributed by atoms with Gasteiger partial charge in [-0.15, -0.1) is 0 Å². The van der Waals surface area contributed by atoms with Crippen LogP contribution in [-0.4, -0.2) is 18.2 Å². The fraction of sp³-hybridized carbons (Fsp3) is 0.125. The maximum Gasteiger partial charge on any atom is 0.418 e. The van der Waals surface area contributed by atoms with Gasteiger partial charge in [0.2, 0.25) is 0 Å². The number of hydrogen-bond acceptors (Lipinski definition) is 4. The number of benzene rings is 1. The normalized spacial score (nSPS) is 12.2. The van der Waals surface area contributed by atoms with Crippen LogP contribution in [0.25, 0.3) is 0 Å². The van der Waals surface area contributed by atoms with Crippen molar-refractivity contribution in [3.8, 4) is 0 Å². The predicted molar refractivity (Wildman–Crippen MR) is 50.2 cm³/mol. The molecule has 1 N–H and O–H groups in total. The molecule has 0 radical (unpaired) electrons. The zero-order valence-corrected chi connectivity index (χ0v) is 8.80. The van der Waals surface area contributed by atoms with Crippen molar-refractivity contribution in [3.05, 3.63) is 29.8 Å². The highest BCUT2D eigenvalue weighted by Gasteiger charge is 2.33. The standard InChI is InChI=1S/C8H6F3NO4S/c9-8(10,11)5-3-1-2-4-6(5)12-7(13)17(14,15)16/h1-4H,(H,12,13)(H,14,15,16)/p-1. The van der Waals surface area contributed by atoms with Crippen molar-refractivity contribution in [3.63, 3.8) is 0 Å². The third-order valence-corrected chi connectivity index (χ3v) is 2.25. The molecule has 0 bridgehead atoms. The molecule has 0 heterocycles. The van der Waals surface area contributed by atoms with E-state index in [9.17, 15) is 30.9 Å². The van der Waals surface area contributed by atoms with E-state index in [-0.39, 0.29) is 0 Å². The molecule has 0 saturated carbocycles. The van der Waals surface area contributed by atoms with Gasteiger partial charge in [0.05, 0.1) is 11.3 Å². The van der Waals surface area contributed by atoms with Gasteiger partial charge in [-0.2, -0.15) is 13.2 Å². The molecule has 17 heavy (non-hydrogen) atoms. The maximum absolute atomic E-state index is 12.4. The number of para-hydroxylation sites is 1. The number of rotatable bonds is 1. The average Bonchev–Trinajstić information content (AvgIpc) is 2.15. The van der Waals surface area contributed by atoms with Crippen LogP contribution in [0, 0.1) is 0 Å². The number of carbonyl (C=O) groups is 1. The molecule has 1 rings (SSSR count). The molecule has 0 fully saturated rings. The first-order chi connectivity index (χ1) is 7.62. The minimum absolute atomic E-state index is 0.646. The van der Waals surface area contributed by atoms with E-state index in [0.29, 0.717) is 6.07 Å². The molecule has 0 unspecified atom stereocenters. The summed E-state index contributed by atoms with van der Waals surface area (Å²) in [5.74, 6) is 0. The summed E-state index contributed by atoms with van der Waals surface area (Å²) >= 11 is 0. The van der Waals surface area contributed by atoms with E-state index in [1.807, 2.05) is 0 Å². The van der Waals surface area contributed by atoms with E-state index in [1.165, 1.54) is 5.32 Å². The molecule has 0 spiro atoms.